The molecule has 1 aliphatic rings. The van der Waals surface area contributed by atoms with Crippen molar-refractivity contribution < 1.29 is 9.18 Å². The van der Waals surface area contributed by atoms with Crippen LogP contribution >= 0.6 is 0 Å². The summed E-state index contributed by atoms with van der Waals surface area (Å²) in [6.45, 7) is -0.282. The van der Waals surface area contributed by atoms with Crippen LogP contribution in [0.1, 0.15) is 39.2 Å². The molecule has 10 heteroatoms. The molecule has 3 N–H and O–H groups in total. The summed E-state index contributed by atoms with van der Waals surface area (Å²) in [4.78, 5) is 28.8. The number of imidazole rings is 1. The molecule has 1 amide bonds. The van der Waals surface area contributed by atoms with Crippen LogP contribution in [0.25, 0.3) is 0 Å². The molecule has 1 atom stereocenters. The lowest BCUT2D eigenvalue weighted by molar-refractivity contribution is 0.102. The Morgan fingerprint density at radius 2 is 2.21 bits per heavy atom. The Labute approximate surface area is 164 Å². The molecule has 0 aliphatic carbocycles. The molecule has 9 nitrogen and oxygen atoms in total. The van der Waals surface area contributed by atoms with E-state index in [0.29, 0.717) is 29.2 Å². The first-order valence-corrected chi connectivity index (χ1v) is 8.66. The van der Waals surface area contributed by atoms with Crippen LogP contribution in [0.3, 0.4) is 0 Å². The van der Waals surface area contributed by atoms with Crippen LogP contribution in [0.2, 0.25) is 0 Å². The average molecular weight is 390 g/mol. The standard InChI is InChI=1S/C19H15FN8O/c20-6-13-8-25-15(9-24-13)19(29)26-12-2-1-11(7-21)14(5-12)16-10-28-4-3-23-18(28)17(22)27-16/h1-5,8-9,16H,6,10H2,(H2,22,27)(H,26,29). The second kappa shape index (κ2) is 7.47. The van der Waals surface area contributed by atoms with Crippen molar-refractivity contribution in [3.05, 3.63) is 71.3 Å². The number of nitriles is 1. The Balaban J connectivity index is 1.61. The van der Waals surface area contributed by atoms with Crippen molar-refractivity contribution in [1.29, 1.82) is 5.26 Å². The fourth-order valence-corrected chi connectivity index (χ4v) is 3.06. The van der Waals surface area contributed by atoms with E-state index in [2.05, 4.69) is 31.3 Å². The van der Waals surface area contributed by atoms with Gasteiger partial charge in [-0.25, -0.2) is 14.4 Å². The van der Waals surface area contributed by atoms with Gasteiger partial charge in [0.25, 0.3) is 5.91 Å². The van der Waals surface area contributed by atoms with Crippen LogP contribution < -0.4 is 11.1 Å². The number of nitrogens with two attached hydrogens (primary N) is 1. The number of carbonyl (C=O) groups is 1. The van der Waals surface area contributed by atoms with E-state index >= 15 is 0 Å². The molecule has 0 radical (unpaired) electrons. The quantitative estimate of drug-likeness (QED) is 0.696. The first-order valence-electron chi connectivity index (χ1n) is 8.66. The predicted molar refractivity (Wildman–Crippen MR) is 102 cm³/mol. The Morgan fingerprint density at radius 1 is 1.34 bits per heavy atom. The topological polar surface area (TPSA) is 135 Å². The highest BCUT2D eigenvalue weighted by molar-refractivity contribution is 6.02. The number of hydrogen-bond acceptors (Lipinski definition) is 7. The van der Waals surface area contributed by atoms with Crippen LogP contribution in [0.4, 0.5) is 10.1 Å². The second-order valence-electron chi connectivity index (χ2n) is 6.33. The highest BCUT2D eigenvalue weighted by Gasteiger charge is 2.24. The van der Waals surface area contributed by atoms with Crippen LogP contribution in [0.5, 0.6) is 0 Å². The Kier molecular flexibility index (Phi) is 4.70. The number of carbonyl (C=O) groups excluding carboxylic acids is 1. The van der Waals surface area contributed by atoms with Gasteiger partial charge in [-0.2, -0.15) is 5.26 Å². The largest absolute Gasteiger partial charge is 0.381 e. The van der Waals surface area contributed by atoms with Gasteiger partial charge in [-0.15, -0.1) is 0 Å². The van der Waals surface area contributed by atoms with Crippen molar-refractivity contribution in [3.8, 4) is 6.07 Å². The highest BCUT2D eigenvalue weighted by atomic mass is 19.1. The molecule has 0 fully saturated rings. The van der Waals surface area contributed by atoms with E-state index in [1.807, 2.05) is 4.57 Å². The van der Waals surface area contributed by atoms with Crippen molar-refractivity contribution in [2.24, 2.45) is 10.7 Å². The number of nitrogens with one attached hydrogen (secondary N) is 1. The lowest BCUT2D eigenvalue weighted by atomic mass is 9.99. The summed E-state index contributed by atoms with van der Waals surface area (Å²) < 4.78 is 14.4. The number of benzene rings is 1. The summed E-state index contributed by atoms with van der Waals surface area (Å²) >= 11 is 0. The molecule has 0 spiro atoms. The normalized spacial score (nSPS) is 15.2. The minimum atomic E-state index is -0.752. The predicted octanol–water partition coefficient (Wildman–Crippen LogP) is 1.73. The van der Waals surface area contributed by atoms with Crippen molar-refractivity contribution in [2.75, 3.05) is 5.32 Å². The fraction of sp³-hybridized carbons (Fsp3) is 0.158. The molecule has 0 saturated carbocycles. The fourth-order valence-electron chi connectivity index (χ4n) is 3.06. The van der Waals surface area contributed by atoms with Gasteiger partial charge in [0.1, 0.15) is 12.4 Å². The third-order valence-electron chi connectivity index (χ3n) is 4.47. The maximum atomic E-state index is 12.5. The first kappa shape index (κ1) is 18.2. The Morgan fingerprint density at radius 3 is 2.93 bits per heavy atom. The number of rotatable bonds is 4. The first-order chi connectivity index (χ1) is 14.1. The molecule has 1 aromatic carbocycles. The lowest BCUT2D eigenvalue weighted by Gasteiger charge is -2.22. The summed E-state index contributed by atoms with van der Waals surface area (Å²) in [7, 11) is 0. The number of aromatic nitrogens is 4. The number of halogens is 1. The summed E-state index contributed by atoms with van der Waals surface area (Å²) in [5, 5.41) is 12.2. The van der Waals surface area contributed by atoms with Crippen LogP contribution in [-0.4, -0.2) is 31.3 Å². The maximum Gasteiger partial charge on any atom is 0.275 e. The molecule has 3 aromatic rings. The van der Waals surface area contributed by atoms with Gasteiger partial charge in [0.15, 0.2) is 11.7 Å². The minimum Gasteiger partial charge on any atom is -0.381 e. The van der Waals surface area contributed by atoms with Crippen molar-refractivity contribution in [3.63, 3.8) is 0 Å². The molecular weight excluding hydrogens is 375 g/mol. The van der Waals surface area contributed by atoms with Crippen LogP contribution in [0.15, 0.2) is 48.0 Å². The third kappa shape index (κ3) is 3.53. The van der Waals surface area contributed by atoms with Gasteiger partial charge in [-0.05, 0) is 23.8 Å². The molecule has 4 rings (SSSR count). The molecule has 1 unspecified atom stereocenters. The van der Waals surface area contributed by atoms with E-state index in [9.17, 15) is 14.4 Å². The number of alkyl halides is 1. The zero-order valence-corrected chi connectivity index (χ0v) is 15.1. The number of nitrogens with zero attached hydrogens (tertiary/aromatic N) is 6. The van der Waals surface area contributed by atoms with Gasteiger partial charge >= 0.3 is 0 Å². The van der Waals surface area contributed by atoms with E-state index in [1.165, 1.54) is 12.4 Å². The van der Waals surface area contributed by atoms with E-state index in [0.717, 1.165) is 0 Å². The third-order valence-corrected chi connectivity index (χ3v) is 4.47. The number of anilines is 1. The van der Waals surface area contributed by atoms with Crippen molar-refractivity contribution in [2.45, 2.75) is 19.3 Å². The van der Waals surface area contributed by atoms with E-state index in [-0.39, 0.29) is 17.2 Å². The molecule has 3 heterocycles. The number of fused-ring (bicyclic) bond motifs is 1. The van der Waals surface area contributed by atoms with E-state index in [4.69, 9.17) is 5.73 Å². The molecular formula is C19H15FN8O. The number of amides is 1. The summed E-state index contributed by atoms with van der Waals surface area (Å²) in [6, 6.07) is 6.65. The van der Waals surface area contributed by atoms with Gasteiger partial charge in [0.05, 0.1) is 42.3 Å². The maximum absolute atomic E-state index is 12.5. The smallest absolute Gasteiger partial charge is 0.275 e. The number of aliphatic imine (C=N–C) groups is 1. The van der Waals surface area contributed by atoms with Gasteiger partial charge in [-0.3, -0.25) is 14.8 Å². The average Bonchev–Trinajstić information content (AvgIpc) is 3.23. The summed E-state index contributed by atoms with van der Waals surface area (Å²) in [6.07, 6.45) is 5.85. The zero-order valence-electron chi connectivity index (χ0n) is 15.1. The molecule has 0 bridgehead atoms. The molecule has 1 aliphatic heterocycles. The summed E-state index contributed by atoms with van der Waals surface area (Å²) in [5.41, 5.74) is 7.72. The second-order valence-corrected chi connectivity index (χ2v) is 6.33. The van der Waals surface area contributed by atoms with Gasteiger partial charge in [0.2, 0.25) is 0 Å². The van der Waals surface area contributed by atoms with E-state index < -0.39 is 18.6 Å². The zero-order chi connectivity index (χ0) is 20.4. The molecule has 0 saturated heterocycles. The van der Waals surface area contributed by atoms with Crippen LogP contribution in [0, 0.1) is 11.3 Å². The Bertz CT molecular complexity index is 1150. The lowest BCUT2D eigenvalue weighted by Crippen LogP contribution is -2.27. The minimum absolute atomic E-state index is 0.0519. The van der Waals surface area contributed by atoms with Crippen LogP contribution in [-0.2, 0) is 13.2 Å². The molecule has 144 valence electrons. The molecule has 29 heavy (non-hydrogen) atoms. The van der Waals surface area contributed by atoms with Crippen molar-refractivity contribution >= 4 is 17.4 Å². The van der Waals surface area contributed by atoms with E-state index in [1.54, 1.807) is 30.6 Å². The highest BCUT2D eigenvalue weighted by Crippen LogP contribution is 2.29. The monoisotopic (exact) mass is 390 g/mol. The number of hydrogen-bond donors (Lipinski definition) is 2. The molecule has 2 aromatic heterocycles. The Hall–Kier alpha value is -4.13. The SMILES string of the molecule is N#Cc1ccc(NC(=O)c2cnc(CF)cn2)cc1C1Cn2ccnc2C(N)=N1. The van der Waals surface area contributed by atoms with Gasteiger partial charge in [-0.1, -0.05) is 0 Å². The van der Waals surface area contributed by atoms with Crippen molar-refractivity contribution in [1.82, 2.24) is 19.5 Å². The summed E-state index contributed by atoms with van der Waals surface area (Å²) in [5.74, 6) is 0.370. The number of amidine groups is 1. The van der Waals surface area contributed by atoms with Gasteiger partial charge in [0, 0.05) is 18.1 Å². The van der Waals surface area contributed by atoms with Gasteiger partial charge < -0.3 is 15.6 Å².